The van der Waals surface area contributed by atoms with Crippen LogP contribution in [0.1, 0.15) is 61.4 Å². The molecule has 0 saturated carbocycles. The topological polar surface area (TPSA) is 46.5 Å². The van der Waals surface area contributed by atoms with E-state index in [0.29, 0.717) is 17.7 Å². The fourth-order valence-corrected chi connectivity index (χ4v) is 2.68. The number of benzene rings is 2. The van der Waals surface area contributed by atoms with E-state index in [4.69, 9.17) is 4.74 Å². The summed E-state index contributed by atoms with van der Waals surface area (Å²) in [6, 6.07) is 14.1. The smallest absolute Gasteiger partial charge is 0.185 e. The molecule has 0 unspecified atom stereocenters. The molecular formula is C23H28O3. The van der Waals surface area contributed by atoms with Crippen LogP contribution in [-0.4, -0.2) is 17.5 Å². The van der Waals surface area contributed by atoms with Crippen LogP contribution in [0.25, 0.3) is 6.08 Å². The number of aromatic hydroxyl groups is 1. The molecule has 0 aliphatic heterocycles. The number of carbonyl (C=O) groups is 1. The summed E-state index contributed by atoms with van der Waals surface area (Å²) < 4.78 is 5.73. The van der Waals surface area contributed by atoms with Gasteiger partial charge in [0.2, 0.25) is 0 Å². The lowest BCUT2D eigenvalue weighted by Crippen LogP contribution is -1.98. The molecular weight excluding hydrogens is 324 g/mol. The summed E-state index contributed by atoms with van der Waals surface area (Å²) in [5.41, 5.74) is 1.23. The molecule has 138 valence electrons. The van der Waals surface area contributed by atoms with E-state index in [1.807, 2.05) is 18.2 Å². The molecule has 1 N–H and O–H groups in total. The van der Waals surface area contributed by atoms with Crippen LogP contribution in [-0.2, 0) is 0 Å². The number of hydrogen-bond donors (Lipinski definition) is 1. The maximum absolute atomic E-state index is 12.2. The Morgan fingerprint density at radius 3 is 2.38 bits per heavy atom. The first kappa shape index (κ1) is 19.8. The minimum Gasteiger partial charge on any atom is -0.507 e. The van der Waals surface area contributed by atoms with Gasteiger partial charge < -0.3 is 9.84 Å². The van der Waals surface area contributed by atoms with Crippen molar-refractivity contribution < 1.29 is 14.6 Å². The number of phenols is 1. The van der Waals surface area contributed by atoms with Crippen LogP contribution in [0.5, 0.6) is 11.5 Å². The van der Waals surface area contributed by atoms with Gasteiger partial charge in [-0.15, -0.1) is 0 Å². The minimum absolute atomic E-state index is 0.101. The first-order chi connectivity index (χ1) is 12.7. The van der Waals surface area contributed by atoms with E-state index in [9.17, 15) is 9.90 Å². The number of carbonyl (C=O) groups excluding carboxylic acids is 1. The number of rotatable bonds is 11. The number of hydrogen-bond acceptors (Lipinski definition) is 3. The molecule has 2 aromatic carbocycles. The highest BCUT2D eigenvalue weighted by atomic mass is 16.5. The first-order valence-corrected chi connectivity index (χ1v) is 9.44. The Hall–Kier alpha value is -2.55. The fraction of sp³-hybridized carbons (Fsp3) is 0.348. The van der Waals surface area contributed by atoms with Gasteiger partial charge in [0.1, 0.15) is 11.5 Å². The van der Waals surface area contributed by atoms with E-state index in [0.717, 1.165) is 12.2 Å². The van der Waals surface area contributed by atoms with Crippen molar-refractivity contribution in [3.8, 4) is 11.5 Å². The average molecular weight is 352 g/mol. The Morgan fingerprint density at radius 2 is 1.65 bits per heavy atom. The molecule has 0 aliphatic rings. The standard InChI is InChI=1S/C23H28O3/c1-2-3-4-5-6-9-18-26-21-15-12-20(13-16-21)23(25)17-14-19-10-7-8-11-22(19)24/h7-8,10-17,24H,2-6,9,18H2,1H3/b17-14+. The Bertz CT molecular complexity index is 702. The summed E-state index contributed by atoms with van der Waals surface area (Å²) in [6.45, 7) is 2.94. The highest BCUT2D eigenvalue weighted by molar-refractivity contribution is 6.07. The van der Waals surface area contributed by atoms with E-state index in [1.165, 1.54) is 38.2 Å². The van der Waals surface area contributed by atoms with E-state index in [-0.39, 0.29) is 11.5 Å². The van der Waals surface area contributed by atoms with Crippen molar-refractivity contribution in [1.29, 1.82) is 0 Å². The molecule has 0 heterocycles. The van der Waals surface area contributed by atoms with Gasteiger partial charge in [-0.05, 0) is 48.9 Å². The number of ether oxygens (including phenoxy) is 1. The monoisotopic (exact) mass is 352 g/mol. The Balaban J connectivity index is 1.77. The Kier molecular flexibility index (Phi) is 8.47. The third kappa shape index (κ3) is 6.75. The van der Waals surface area contributed by atoms with Crippen molar-refractivity contribution in [3.05, 3.63) is 65.7 Å². The van der Waals surface area contributed by atoms with Crippen LogP contribution in [0, 0.1) is 0 Å². The van der Waals surface area contributed by atoms with Gasteiger partial charge in [-0.2, -0.15) is 0 Å². The summed E-state index contributed by atoms with van der Waals surface area (Å²) in [5, 5.41) is 9.71. The summed E-state index contributed by atoms with van der Waals surface area (Å²) in [4.78, 5) is 12.2. The molecule has 0 amide bonds. The van der Waals surface area contributed by atoms with E-state index < -0.39 is 0 Å². The fourth-order valence-electron chi connectivity index (χ4n) is 2.68. The van der Waals surface area contributed by atoms with Gasteiger partial charge in [-0.25, -0.2) is 0 Å². The van der Waals surface area contributed by atoms with Crippen molar-refractivity contribution in [2.45, 2.75) is 45.4 Å². The highest BCUT2D eigenvalue weighted by Crippen LogP contribution is 2.18. The molecule has 0 bridgehead atoms. The third-order valence-electron chi connectivity index (χ3n) is 4.26. The Labute approximate surface area is 156 Å². The maximum atomic E-state index is 12.2. The van der Waals surface area contributed by atoms with Crippen LogP contribution < -0.4 is 4.74 Å². The summed E-state index contributed by atoms with van der Waals surface area (Å²) in [6.07, 6.45) is 10.5. The zero-order valence-corrected chi connectivity index (χ0v) is 15.5. The molecule has 0 saturated heterocycles. The molecule has 0 aromatic heterocycles. The van der Waals surface area contributed by atoms with Gasteiger partial charge in [-0.1, -0.05) is 57.2 Å². The summed E-state index contributed by atoms with van der Waals surface area (Å²) in [7, 11) is 0. The first-order valence-electron chi connectivity index (χ1n) is 9.44. The lowest BCUT2D eigenvalue weighted by molar-refractivity contribution is 0.104. The van der Waals surface area contributed by atoms with Crippen LogP contribution >= 0.6 is 0 Å². The van der Waals surface area contributed by atoms with Crippen molar-refractivity contribution in [3.63, 3.8) is 0 Å². The van der Waals surface area contributed by atoms with E-state index in [1.54, 1.807) is 36.4 Å². The largest absolute Gasteiger partial charge is 0.507 e. The van der Waals surface area contributed by atoms with Crippen molar-refractivity contribution in [2.24, 2.45) is 0 Å². The van der Waals surface area contributed by atoms with Gasteiger partial charge in [0, 0.05) is 11.1 Å². The van der Waals surface area contributed by atoms with Crippen molar-refractivity contribution in [2.75, 3.05) is 6.61 Å². The molecule has 0 fully saturated rings. The predicted molar refractivity (Wildman–Crippen MR) is 107 cm³/mol. The summed E-state index contributed by atoms with van der Waals surface area (Å²) >= 11 is 0. The molecule has 0 radical (unpaired) electrons. The minimum atomic E-state index is -0.101. The number of phenolic OH excluding ortho intramolecular Hbond substituents is 1. The lowest BCUT2D eigenvalue weighted by atomic mass is 10.1. The zero-order chi connectivity index (χ0) is 18.6. The van der Waals surface area contributed by atoms with Crippen LogP contribution in [0.2, 0.25) is 0 Å². The molecule has 2 rings (SSSR count). The SMILES string of the molecule is CCCCCCCCOc1ccc(C(=O)/C=C/c2ccccc2O)cc1. The average Bonchev–Trinajstić information content (AvgIpc) is 2.67. The summed E-state index contributed by atoms with van der Waals surface area (Å²) in [5.74, 6) is 0.852. The van der Waals surface area contributed by atoms with Crippen LogP contribution in [0.4, 0.5) is 0 Å². The second-order valence-corrected chi connectivity index (χ2v) is 6.40. The zero-order valence-electron chi connectivity index (χ0n) is 15.5. The number of unbranched alkanes of at least 4 members (excludes halogenated alkanes) is 5. The van der Waals surface area contributed by atoms with Gasteiger partial charge in [0.05, 0.1) is 6.61 Å². The van der Waals surface area contributed by atoms with Crippen molar-refractivity contribution >= 4 is 11.9 Å². The van der Waals surface area contributed by atoms with E-state index in [2.05, 4.69) is 6.92 Å². The van der Waals surface area contributed by atoms with Gasteiger partial charge in [0.15, 0.2) is 5.78 Å². The van der Waals surface area contributed by atoms with Gasteiger partial charge in [0.25, 0.3) is 0 Å². The number of allylic oxidation sites excluding steroid dienone is 1. The van der Waals surface area contributed by atoms with E-state index >= 15 is 0 Å². The Morgan fingerprint density at radius 1 is 0.962 bits per heavy atom. The maximum Gasteiger partial charge on any atom is 0.185 e. The number of para-hydroxylation sites is 1. The van der Waals surface area contributed by atoms with Crippen molar-refractivity contribution in [1.82, 2.24) is 0 Å². The molecule has 3 heteroatoms. The van der Waals surface area contributed by atoms with Crippen LogP contribution in [0.3, 0.4) is 0 Å². The predicted octanol–water partition coefficient (Wildman–Crippen LogP) is 6.03. The highest BCUT2D eigenvalue weighted by Gasteiger charge is 2.03. The second kappa shape index (κ2) is 11.1. The lowest BCUT2D eigenvalue weighted by Gasteiger charge is -2.06. The second-order valence-electron chi connectivity index (χ2n) is 6.40. The molecule has 0 aliphatic carbocycles. The molecule has 26 heavy (non-hydrogen) atoms. The normalized spacial score (nSPS) is 11.0. The van der Waals surface area contributed by atoms with Gasteiger partial charge in [-0.3, -0.25) is 4.79 Å². The molecule has 0 spiro atoms. The molecule has 0 atom stereocenters. The van der Waals surface area contributed by atoms with Crippen LogP contribution in [0.15, 0.2) is 54.6 Å². The molecule has 2 aromatic rings. The van der Waals surface area contributed by atoms with Gasteiger partial charge >= 0.3 is 0 Å². The number of ketones is 1. The molecule has 3 nitrogen and oxygen atoms in total. The third-order valence-corrected chi connectivity index (χ3v) is 4.26. The quantitative estimate of drug-likeness (QED) is 0.305.